The van der Waals surface area contributed by atoms with Crippen molar-refractivity contribution >= 4 is 34.2 Å². The summed E-state index contributed by atoms with van der Waals surface area (Å²) in [6, 6.07) is 13.2. The van der Waals surface area contributed by atoms with E-state index in [9.17, 15) is 9.59 Å². The second kappa shape index (κ2) is 7.68. The number of ketones is 1. The van der Waals surface area contributed by atoms with Crippen LogP contribution in [0.4, 0.5) is 0 Å². The van der Waals surface area contributed by atoms with Gasteiger partial charge in [-0.1, -0.05) is 23.7 Å². The van der Waals surface area contributed by atoms with Crippen LogP contribution in [0, 0.1) is 0 Å². The van der Waals surface area contributed by atoms with E-state index in [-0.39, 0.29) is 6.04 Å². The van der Waals surface area contributed by atoms with Crippen molar-refractivity contribution in [3.05, 3.63) is 64.8 Å². The number of ether oxygens (including phenoxy) is 1. The Labute approximate surface area is 168 Å². The summed E-state index contributed by atoms with van der Waals surface area (Å²) in [6.07, 6.45) is 4.72. The molecule has 1 fully saturated rings. The van der Waals surface area contributed by atoms with Crippen LogP contribution in [-0.4, -0.2) is 29.4 Å². The van der Waals surface area contributed by atoms with Gasteiger partial charge in [-0.25, -0.2) is 0 Å². The number of fused-ring (bicyclic) bond motifs is 1. The van der Waals surface area contributed by atoms with E-state index in [1.54, 1.807) is 19.4 Å². The number of carbonyl (C=O) groups is 2. The van der Waals surface area contributed by atoms with Crippen LogP contribution in [0.25, 0.3) is 10.9 Å². The Hall–Kier alpha value is -2.79. The molecule has 0 saturated heterocycles. The number of halogens is 1. The highest BCUT2D eigenvalue weighted by molar-refractivity contribution is 6.45. The maximum Gasteiger partial charge on any atom is 0.292 e. The first kappa shape index (κ1) is 18.6. The molecule has 5 nitrogen and oxygen atoms in total. The van der Waals surface area contributed by atoms with Gasteiger partial charge in [0.2, 0.25) is 0 Å². The van der Waals surface area contributed by atoms with Crippen molar-refractivity contribution in [2.75, 3.05) is 7.11 Å². The number of amides is 1. The predicted octanol–water partition coefficient (Wildman–Crippen LogP) is 4.20. The van der Waals surface area contributed by atoms with Gasteiger partial charge >= 0.3 is 0 Å². The third-order valence-electron chi connectivity index (χ3n) is 5.25. The number of nitrogens with zero attached hydrogens (tertiary/aromatic N) is 1. The Balaban J connectivity index is 1.70. The normalized spacial score (nSPS) is 13.9. The second-order valence-electron chi connectivity index (χ2n) is 7.11. The van der Waals surface area contributed by atoms with Crippen molar-refractivity contribution in [1.82, 2.24) is 9.88 Å². The molecule has 3 aromatic rings. The third-order valence-corrected chi connectivity index (χ3v) is 5.50. The Kier molecular flexibility index (Phi) is 5.09. The molecule has 1 N–H and O–H groups in total. The van der Waals surface area contributed by atoms with Crippen LogP contribution in [0.3, 0.4) is 0 Å². The monoisotopic (exact) mass is 396 g/mol. The van der Waals surface area contributed by atoms with E-state index in [2.05, 4.69) is 5.32 Å². The molecule has 1 heterocycles. The van der Waals surface area contributed by atoms with Crippen LogP contribution in [-0.2, 0) is 11.3 Å². The molecule has 0 bridgehead atoms. The van der Waals surface area contributed by atoms with E-state index in [1.165, 1.54) is 0 Å². The molecule has 0 radical (unpaired) electrons. The van der Waals surface area contributed by atoms with Crippen molar-refractivity contribution in [3.8, 4) is 5.75 Å². The van der Waals surface area contributed by atoms with Gasteiger partial charge in [-0.3, -0.25) is 9.59 Å². The number of carbonyl (C=O) groups excluding carboxylic acids is 2. The lowest BCUT2D eigenvalue weighted by molar-refractivity contribution is -0.118. The number of benzene rings is 2. The summed E-state index contributed by atoms with van der Waals surface area (Å²) in [7, 11) is 1.58. The van der Waals surface area contributed by atoms with Gasteiger partial charge in [-0.2, -0.15) is 0 Å². The molecule has 1 aliphatic carbocycles. The van der Waals surface area contributed by atoms with Crippen molar-refractivity contribution in [3.63, 3.8) is 0 Å². The maximum atomic E-state index is 12.9. The molecule has 6 heteroatoms. The van der Waals surface area contributed by atoms with Gasteiger partial charge in [0, 0.05) is 34.7 Å². The average molecular weight is 397 g/mol. The number of methoxy groups -OCH3 is 1. The molecule has 4 rings (SSSR count). The first-order valence-corrected chi connectivity index (χ1v) is 9.69. The molecule has 1 amide bonds. The largest absolute Gasteiger partial charge is 0.497 e. The number of hydrogen-bond acceptors (Lipinski definition) is 3. The molecule has 144 valence electrons. The van der Waals surface area contributed by atoms with Gasteiger partial charge in [0.15, 0.2) is 0 Å². The number of rotatable bonds is 6. The summed E-state index contributed by atoms with van der Waals surface area (Å²) < 4.78 is 7.29. The number of nitrogens with one attached hydrogen (secondary N) is 1. The minimum absolute atomic E-state index is 0.119. The number of hydrogen-bond donors (Lipinski definition) is 1. The van der Waals surface area contributed by atoms with E-state index in [4.69, 9.17) is 16.3 Å². The van der Waals surface area contributed by atoms with Gasteiger partial charge in [0.1, 0.15) is 5.75 Å². The Morgan fingerprint density at radius 2 is 1.93 bits per heavy atom. The molecule has 2 aromatic carbocycles. The second-order valence-corrected chi connectivity index (χ2v) is 7.55. The van der Waals surface area contributed by atoms with Crippen molar-refractivity contribution in [1.29, 1.82) is 0 Å². The van der Waals surface area contributed by atoms with Crippen molar-refractivity contribution in [2.45, 2.75) is 31.8 Å². The zero-order valence-electron chi connectivity index (χ0n) is 15.6. The minimum atomic E-state index is -0.543. The molecular formula is C22H21ClN2O3. The molecule has 0 atom stereocenters. The summed E-state index contributed by atoms with van der Waals surface area (Å²) in [5.74, 6) is -0.414. The van der Waals surface area contributed by atoms with E-state index < -0.39 is 11.7 Å². The molecule has 1 saturated carbocycles. The highest BCUT2D eigenvalue weighted by Gasteiger charge is 2.26. The topological polar surface area (TPSA) is 60.3 Å². The number of Topliss-reactive ketones (excluding diaryl/α,β-unsaturated/α-hetero) is 1. The Morgan fingerprint density at radius 1 is 1.18 bits per heavy atom. The minimum Gasteiger partial charge on any atom is -0.497 e. The van der Waals surface area contributed by atoms with Crippen LogP contribution >= 0.6 is 11.6 Å². The van der Waals surface area contributed by atoms with E-state index in [1.807, 2.05) is 41.0 Å². The zero-order chi connectivity index (χ0) is 19.7. The van der Waals surface area contributed by atoms with Gasteiger partial charge in [0.05, 0.1) is 12.7 Å². The Morgan fingerprint density at radius 3 is 2.57 bits per heavy atom. The lowest BCUT2D eigenvalue weighted by Crippen LogP contribution is -2.42. The van der Waals surface area contributed by atoms with Crippen LogP contribution < -0.4 is 10.1 Å². The molecule has 0 aliphatic heterocycles. The van der Waals surface area contributed by atoms with Gasteiger partial charge in [-0.15, -0.1) is 0 Å². The molecule has 28 heavy (non-hydrogen) atoms. The van der Waals surface area contributed by atoms with Gasteiger partial charge in [-0.05, 0) is 55.2 Å². The SMILES string of the molecule is COc1ccc2c(c1)c(C(=O)C(=O)NC1CCC1)cn2Cc1ccc(Cl)cc1. The smallest absolute Gasteiger partial charge is 0.292 e. The standard InChI is InChI=1S/C22H21ClN2O3/c1-28-17-9-10-20-18(11-17)19(21(26)22(27)24-16-3-2-4-16)13-25(20)12-14-5-7-15(23)8-6-14/h5-11,13,16H,2-4,12H2,1H3,(H,24,27). The molecule has 0 unspecified atom stereocenters. The summed E-state index contributed by atoms with van der Waals surface area (Å²) in [5.41, 5.74) is 2.31. The van der Waals surface area contributed by atoms with Crippen molar-refractivity contribution in [2.24, 2.45) is 0 Å². The van der Waals surface area contributed by atoms with E-state index in [0.717, 1.165) is 30.3 Å². The number of aromatic nitrogens is 1. The fraction of sp³-hybridized carbons (Fsp3) is 0.273. The van der Waals surface area contributed by atoms with Gasteiger partial charge < -0.3 is 14.6 Å². The summed E-state index contributed by atoms with van der Waals surface area (Å²) >= 11 is 5.97. The first-order chi connectivity index (χ1) is 13.5. The van der Waals surface area contributed by atoms with Crippen LogP contribution in [0.1, 0.15) is 35.2 Å². The van der Waals surface area contributed by atoms with E-state index in [0.29, 0.717) is 28.3 Å². The third kappa shape index (κ3) is 3.62. The summed E-state index contributed by atoms with van der Waals surface area (Å²) in [5, 5.41) is 4.22. The fourth-order valence-corrected chi connectivity index (χ4v) is 3.55. The Bertz CT molecular complexity index is 1040. The lowest BCUT2D eigenvalue weighted by atomic mass is 9.93. The molecule has 0 spiro atoms. The summed E-state index contributed by atoms with van der Waals surface area (Å²) in [6.45, 7) is 0.567. The van der Waals surface area contributed by atoms with Crippen molar-refractivity contribution < 1.29 is 14.3 Å². The van der Waals surface area contributed by atoms with Crippen LogP contribution in [0.2, 0.25) is 5.02 Å². The quantitative estimate of drug-likeness (QED) is 0.501. The molecule has 1 aromatic heterocycles. The maximum absolute atomic E-state index is 12.9. The molecule has 1 aliphatic rings. The highest BCUT2D eigenvalue weighted by atomic mass is 35.5. The summed E-state index contributed by atoms with van der Waals surface area (Å²) in [4.78, 5) is 25.3. The van der Waals surface area contributed by atoms with Crippen LogP contribution in [0.5, 0.6) is 5.75 Å². The zero-order valence-corrected chi connectivity index (χ0v) is 16.3. The average Bonchev–Trinajstić information content (AvgIpc) is 3.03. The lowest BCUT2D eigenvalue weighted by Gasteiger charge is -2.25. The van der Waals surface area contributed by atoms with Gasteiger partial charge in [0.25, 0.3) is 11.7 Å². The highest BCUT2D eigenvalue weighted by Crippen LogP contribution is 2.28. The fourth-order valence-electron chi connectivity index (χ4n) is 3.43. The van der Waals surface area contributed by atoms with Crippen LogP contribution in [0.15, 0.2) is 48.7 Å². The van der Waals surface area contributed by atoms with E-state index >= 15 is 0 Å². The molecular weight excluding hydrogens is 376 g/mol. The first-order valence-electron chi connectivity index (χ1n) is 9.31. The predicted molar refractivity (Wildman–Crippen MR) is 109 cm³/mol.